The van der Waals surface area contributed by atoms with Crippen LogP contribution in [0.2, 0.25) is 0 Å². The molecule has 2 N–H and O–H groups in total. The molecule has 0 aliphatic rings. The summed E-state index contributed by atoms with van der Waals surface area (Å²) in [6, 6.07) is 0.872. The number of rotatable bonds is 4. The van der Waals surface area contributed by atoms with Crippen molar-refractivity contribution in [2.75, 3.05) is 20.8 Å². The average Bonchev–Trinajstić information content (AvgIpc) is 2.27. The van der Waals surface area contributed by atoms with E-state index in [0.29, 0.717) is 12.1 Å². The lowest BCUT2D eigenvalue weighted by molar-refractivity contribution is -0.139. The van der Waals surface area contributed by atoms with E-state index in [1.165, 1.54) is 7.11 Å². The molecule has 0 aliphatic carbocycles. The highest BCUT2D eigenvalue weighted by Crippen LogP contribution is 2.38. The van der Waals surface area contributed by atoms with Gasteiger partial charge < -0.3 is 15.2 Å². The zero-order valence-corrected chi connectivity index (χ0v) is 9.47. The number of hydrogen-bond donors (Lipinski definition) is 1. The average molecular weight is 250 g/mol. The van der Waals surface area contributed by atoms with Gasteiger partial charge in [0.25, 0.3) is 0 Å². The van der Waals surface area contributed by atoms with Crippen LogP contribution in [0.25, 0.3) is 0 Å². The largest absolute Gasteiger partial charge is 0.495 e. The second kappa shape index (κ2) is 5.22. The van der Waals surface area contributed by atoms with Crippen molar-refractivity contribution < 1.29 is 22.6 Å². The van der Waals surface area contributed by atoms with Crippen molar-refractivity contribution in [2.45, 2.75) is 12.6 Å². The second-order valence-electron chi connectivity index (χ2n) is 3.23. The Kier molecular flexibility index (Phi) is 4.17. The fraction of sp³-hybridized carbons (Fsp3) is 0.500. The summed E-state index contributed by atoms with van der Waals surface area (Å²) in [5.74, 6) is -0.412. The van der Waals surface area contributed by atoms with E-state index in [0.717, 1.165) is 13.2 Å². The monoisotopic (exact) mass is 250 g/mol. The van der Waals surface area contributed by atoms with E-state index in [-0.39, 0.29) is 12.3 Å². The van der Waals surface area contributed by atoms with Gasteiger partial charge in [-0.1, -0.05) is 0 Å². The maximum absolute atomic E-state index is 12.7. The summed E-state index contributed by atoms with van der Waals surface area (Å²) < 4.78 is 47.5. The van der Waals surface area contributed by atoms with Crippen LogP contribution in [0.4, 0.5) is 13.2 Å². The molecular formula is C10H13F3N2O2. The van der Waals surface area contributed by atoms with E-state index in [1.54, 1.807) is 0 Å². The van der Waals surface area contributed by atoms with Crippen molar-refractivity contribution in [1.29, 1.82) is 0 Å². The Bertz CT molecular complexity index is 394. The number of alkyl halides is 3. The van der Waals surface area contributed by atoms with Crippen molar-refractivity contribution in [3.63, 3.8) is 0 Å². The third-order valence-electron chi connectivity index (χ3n) is 2.13. The molecule has 1 heterocycles. The van der Waals surface area contributed by atoms with Gasteiger partial charge in [-0.25, -0.2) is 4.98 Å². The molecule has 7 heteroatoms. The van der Waals surface area contributed by atoms with E-state index in [2.05, 4.69) is 9.72 Å². The van der Waals surface area contributed by atoms with E-state index < -0.39 is 17.6 Å². The lowest BCUT2D eigenvalue weighted by Crippen LogP contribution is -2.13. The van der Waals surface area contributed by atoms with Crippen molar-refractivity contribution in [3.05, 3.63) is 17.3 Å². The van der Waals surface area contributed by atoms with Crippen LogP contribution in [0.15, 0.2) is 6.07 Å². The predicted molar refractivity (Wildman–Crippen MR) is 55.1 cm³/mol. The van der Waals surface area contributed by atoms with Gasteiger partial charge in [0, 0.05) is 6.42 Å². The van der Waals surface area contributed by atoms with Gasteiger partial charge in [0.15, 0.2) is 0 Å². The highest BCUT2D eigenvalue weighted by atomic mass is 19.4. The predicted octanol–water partition coefficient (Wildman–Crippen LogP) is 1.62. The summed E-state index contributed by atoms with van der Waals surface area (Å²) in [7, 11) is 2.42. The van der Waals surface area contributed by atoms with Gasteiger partial charge in [-0.2, -0.15) is 13.2 Å². The Labute approximate surface area is 96.5 Å². The summed E-state index contributed by atoms with van der Waals surface area (Å²) >= 11 is 0. The number of nitrogens with two attached hydrogens (primary N) is 1. The standard InChI is InChI=1S/C10H13F3N2O2/c1-16-8-5-6(10(11,12)13)9(17-2)15-7(8)3-4-14/h5H,3-4,14H2,1-2H3. The first kappa shape index (κ1) is 13.6. The van der Waals surface area contributed by atoms with Gasteiger partial charge >= 0.3 is 6.18 Å². The topological polar surface area (TPSA) is 57.4 Å². The number of pyridine rings is 1. The van der Waals surface area contributed by atoms with Gasteiger partial charge in [-0.05, 0) is 12.6 Å². The molecule has 0 amide bonds. The summed E-state index contributed by atoms with van der Waals surface area (Å²) in [4.78, 5) is 3.77. The number of halogens is 3. The normalized spacial score (nSPS) is 11.4. The lowest BCUT2D eigenvalue weighted by Gasteiger charge is -2.15. The Morgan fingerprint density at radius 2 is 1.94 bits per heavy atom. The molecule has 4 nitrogen and oxygen atoms in total. The summed E-state index contributed by atoms with van der Waals surface area (Å²) in [6.45, 7) is 0.262. The number of methoxy groups -OCH3 is 2. The molecule has 0 radical (unpaired) electrons. The van der Waals surface area contributed by atoms with Crippen LogP contribution >= 0.6 is 0 Å². The van der Waals surface area contributed by atoms with Gasteiger partial charge in [-0.3, -0.25) is 0 Å². The second-order valence-corrected chi connectivity index (χ2v) is 3.23. The Morgan fingerprint density at radius 3 is 2.35 bits per heavy atom. The minimum atomic E-state index is -4.53. The van der Waals surface area contributed by atoms with Gasteiger partial charge in [0.05, 0.1) is 19.9 Å². The maximum atomic E-state index is 12.7. The van der Waals surface area contributed by atoms with Crippen LogP contribution in [0, 0.1) is 0 Å². The van der Waals surface area contributed by atoms with E-state index in [4.69, 9.17) is 10.5 Å². The third-order valence-corrected chi connectivity index (χ3v) is 2.13. The molecule has 0 bridgehead atoms. The van der Waals surface area contributed by atoms with Crippen molar-refractivity contribution >= 4 is 0 Å². The van der Waals surface area contributed by atoms with Crippen LogP contribution in [0.1, 0.15) is 11.3 Å². The Morgan fingerprint density at radius 1 is 1.29 bits per heavy atom. The van der Waals surface area contributed by atoms with E-state index >= 15 is 0 Å². The summed E-state index contributed by atoms with van der Waals surface area (Å²) in [5.41, 5.74) is 4.73. The molecule has 0 aliphatic heterocycles. The van der Waals surface area contributed by atoms with Crippen LogP contribution < -0.4 is 15.2 Å². The first-order chi connectivity index (χ1) is 7.93. The molecule has 0 spiro atoms. The van der Waals surface area contributed by atoms with Gasteiger partial charge in [0.2, 0.25) is 5.88 Å². The zero-order chi connectivity index (χ0) is 13.1. The van der Waals surface area contributed by atoms with Crippen LogP contribution in [0.5, 0.6) is 11.6 Å². The van der Waals surface area contributed by atoms with Crippen LogP contribution in [-0.2, 0) is 12.6 Å². The summed E-state index contributed by atoms with van der Waals surface area (Å²) in [6.07, 6.45) is -4.22. The minimum Gasteiger partial charge on any atom is -0.495 e. The Balaban J connectivity index is 3.33. The molecule has 17 heavy (non-hydrogen) atoms. The molecule has 0 aromatic carbocycles. The number of hydrogen-bond acceptors (Lipinski definition) is 4. The first-order valence-corrected chi connectivity index (χ1v) is 4.83. The van der Waals surface area contributed by atoms with Crippen molar-refractivity contribution in [3.8, 4) is 11.6 Å². The Hall–Kier alpha value is -1.50. The molecule has 0 atom stereocenters. The SMILES string of the molecule is COc1cc(C(F)(F)F)c(OC)nc1CCN. The maximum Gasteiger partial charge on any atom is 0.421 e. The number of aromatic nitrogens is 1. The molecule has 0 saturated carbocycles. The third kappa shape index (κ3) is 3.00. The fourth-order valence-electron chi connectivity index (χ4n) is 1.37. The molecule has 1 aromatic heterocycles. The quantitative estimate of drug-likeness (QED) is 0.882. The lowest BCUT2D eigenvalue weighted by atomic mass is 10.2. The van der Waals surface area contributed by atoms with Crippen LogP contribution in [0.3, 0.4) is 0 Å². The molecule has 0 unspecified atom stereocenters. The molecular weight excluding hydrogens is 237 g/mol. The van der Waals surface area contributed by atoms with E-state index in [9.17, 15) is 13.2 Å². The van der Waals surface area contributed by atoms with Crippen molar-refractivity contribution in [2.24, 2.45) is 5.73 Å². The molecule has 0 saturated heterocycles. The zero-order valence-electron chi connectivity index (χ0n) is 9.47. The molecule has 96 valence electrons. The van der Waals surface area contributed by atoms with Gasteiger partial charge in [-0.15, -0.1) is 0 Å². The highest BCUT2D eigenvalue weighted by Gasteiger charge is 2.36. The fourth-order valence-corrected chi connectivity index (χ4v) is 1.37. The number of ether oxygens (including phenoxy) is 2. The molecule has 0 fully saturated rings. The van der Waals surface area contributed by atoms with Gasteiger partial charge in [0.1, 0.15) is 11.3 Å². The van der Waals surface area contributed by atoms with Crippen molar-refractivity contribution in [1.82, 2.24) is 4.98 Å². The number of nitrogens with zero attached hydrogens (tertiary/aromatic N) is 1. The minimum absolute atomic E-state index is 0.0589. The first-order valence-electron chi connectivity index (χ1n) is 4.83. The molecule has 1 rings (SSSR count). The summed E-state index contributed by atoms with van der Waals surface area (Å²) in [5, 5.41) is 0. The molecule has 1 aromatic rings. The smallest absolute Gasteiger partial charge is 0.421 e. The van der Waals surface area contributed by atoms with E-state index in [1.807, 2.05) is 0 Å². The highest BCUT2D eigenvalue weighted by molar-refractivity contribution is 5.40. The van der Waals surface area contributed by atoms with Crippen LogP contribution in [-0.4, -0.2) is 25.7 Å².